The molecule has 3 amide bonds. The number of hydrogen-bond acceptors (Lipinski definition) is 4. The number of hydrogen-bond donors (Lipinski definition) is 1. The maximum atomic E-state index is 12.8. The van der Waals surface area contributed by atoms with Gasteiger partial charge < -0.3 is 15.1 Å². The second kappa shape index (κ2) is 6.06. The van der Waals surface area contributed by atoms with Gasteiger partial charge in [-0.1, -0.05) is 0 Å². The second-order valence-electron chi connectivity index (χ2n) is 9.16. The molecule has 0 bridgehead atoms. The molecule has 1 N–H and O–H groups in total. The molecule has 1 saturated carbocycles. The van der Waals surface area contributed by atoms with E-state index in [-0.39, 0.29) is 34.6 Å². The van der Waals surface area contributed by atoms with Gasteiger partial charge in [0.05, 0.1) is 5.54 Å². The van der Waals surface area contributed by atoms with Crippen molar-refractivity contribution in [2.24, 2.45) is 11.3 Å². The fourth-order valence-electron chi connectivity index (χ4n) is 5.41. The smallest absolute Gasteiger partial charge is 0.347 e. The average Bonchev–Trinajstić information content (AvgIpc) is 2.96. The molecule has 1 aromatic rings. The number of nitrogens with one attached hydrogen (secondary N) is 1. The van der Waals surface area contributed by atoms with Gasteiger partial charge in [0.25, 0.3) is 0 Å². The largest absolute Gasteiger partial charge is 0.433 e. The van der Waals surface area contributed by atoms with Crippen LogP contribution in [-0.2, 0) is 17.4 Å². The minimum atomic E-state index is -4.45. The molecule has 4 fully saturated rings. The Bertz CT molecular complexity index is 854. The standard InChI is InChI=1S/C19H22F3N5O2/c20-19(21,22)13-2-4-23-14(24-13)5-12-6-17(7-12)8-26(9-17)16(29)27-10-18(11-27)3-1-15(28)25-18/h2,4,12H,1,3,5-11H2,(H,25,28). The van der Waals surface area contributed by atoms with Crippen molar-refractivity contribution in [3.05, 3.63) is 23.8 Å². The number of rotatable bonds is 2. The van der Waals surface area contributed by atoms with Crippen LogP contribution in [0.4, 0.5) is 18.0 Å². The van der Waals surface area contributed by atoms with E-state index in [0.29, 0.717) is 39.0 Å². The maximum Gasteiger partial charge on any atom is 0.433 e. The summed E-state index contributed by atoms with van der Waals surface area (Å²) in [6.07, 6.45) is 0.242. The number of carbonyl (C=O) groups is 2. The van der Waals surface area contributed by atoms with Crippen molar-refractivity contribution in [3.63, 3.8) is 0 Å². The van der Waals surface area contributed by atoms with Crippen LogP contribution in [0.15, 0.2) is 12.3 Å². The Morgan fingerprint density at radius 2 is 1.90 bits per heavy atom. The Balaban J connectivity index is 1.08. The summed E-state index contributed by atoms with van der Waals surface area (Å²) in [6.45, 7) is 2.55. The lowest BCUT2D eigenvalue weighted by Gasteiger charge is -2.61. The Morgan fingerprint density at radius 3 is 2.52 bits per heavy atom. The monoisotopic (exact) mass is 409 g/mol. The quantitative estimate of drug-likeness (QED) is 0.809. The highest BCUT2D eigenvalue weighted by Gasteiger charge is 2.56. The third-order valence-corrected chi connectivity index (χ3v) is 6.73. The molecule has 2 spiro atoms. The number of halogens is 3. The van der Waals surface area contributed by atoms with Crippen LogP contribution < -0.4 is 5.32 Å². The summed E-state index contributed by atoms with van der Waals surface area (Å²) in [5, 5.41) is 2.97. The normalized spacial score (nSPS) is 24.9. The molecule has 5 rings (SSSR count). The van der Waals surface area contributed by atoms with E-state index in [0.717, 1.165) is 31.5 Å². The van der Waals surface area contributed by atoms with E-state index in [1.165, 1.54) is 0 Å². The van der Waals surface area contributed by atoms with Gasteiger partial charge in [-0.15, -0.1) is 0 Å². The summed E-state index contributed by atoms with van der Waals surface area (Å²) in [5.74, 6) is 0.554. The number of amides is 3. The third kappa shape index (κ3) is 3.22. The van der Waals surface area contributed by atoms with Crippen LogP contribution in [0.1, 0.15) is 37.2 Å². The van der Waals surface area contributed by atoms with Crippen LogP contribution in [0, 0.1) is 11.3 Å². The van der Waals surface area contributed by atoms with Crippen molar-refractivity contribution in [3.8, 4) is 0 Å². The van der Waals surface area contributed by atoms with Gasteiger partial charge in [-0.3, -0.25) is 4.79 Å². The van der Waals surface area contributed by atoms with E-state index in [1.54, 1.807) is 4.90 Å². The number of likely N-dealkylation sites (tertiary alicyclic amines) is 2. The molecule has 7 nitrogen and oxygen atoms in total. The molecule has 0 radical (unpaired) electrons. The Hall–Kier alpha value is -2.39. The predicted octanol–water partition coefficient (Wildman–Crippen LogP) is 1.83. The van der Waals surface area contributed by atoms with Crippen molar-refractivity contribution in [1.82, 2.24) is 25.1 Å². The third-order valence-electron chi connectivity index (χ3n) is 6.73. The van der Waals surface area contributed by atoms with Crippen molar-refractivity contribution in [2.45, 2.75) is 43.8 Å². The van der Waals surface area contributed by atoms with E-state index in [4.69, 9.17) is 0 Å². The lowest BCUT2D eigenvalue weighted by Crippen LogP contribution is -2.73. The van der Waals surface area contributed by atoms with Crippen LogP contribution >= 0.6 is 0 Å². The van der Waals surface area contributed by atoms with Gasteiger partial charge in [0.15, 0.2) is 0 Å². The summed E-state index contributed by atoms with van der Waals surface area (Å²) in [6, 6.07) is 0.907. The first-order valence-corrected chi connectivity index (χ1v) is 9.90. The lowest BCUT2D eigenvalue weighted by molar-refractivity contribution is -0.141. The molecule has 10 heteroatoms. The van der Waals surface area contributed by atoms with Gasteiger partial charge in [0.1, 0.15) is 11.5 Å². The summed E-state index contributed by atoms with van der Waals surface area (Å²) < 4.78 is 38.3. The van der Waals surface area contributed by atoms with E-state index in [2.05, 4.69) is 15.3 Å². The van der Waals surface area contributed by atoms with Crippen LogP contribution in [0.5, 0.6) is 0 Å². The van der Waals surface area contributed by atoms with Crippen molar-refractivity contribution < 1.29 is 22.8 Å². The topological polar surface area (TPSA) is 78.4 Å². The molecule has 1 aliphatic carbocycles. The molecule has 0 aromatic carbocycles. The van der Waals surface area contributed by atoms with Crippen LogP contribution in [0.25, 0.3) is 0 Å². The van der Waals surface area contributed by atoms with Gasteiger partial charge in [0, 0.05) is 50.6 Å². The molecule has 4 heterocycles. The number of carbonyl (C=O) groups excluding carboxylic acids is 2. The van der Waals surface area contributed by atoms with E-state index in [9.17, 15) is 22.8 Å². The Morgan fingerprint density at radius 1 is 1.21 bits per heavy atom. The molecule has 3 aliphatic heterocycles. The average molecular weight is 409 g/mol. The fraction of sp³-hybridized carbons (Fsp3) is 0.684. The van der Waals surface area contributed by atoms with E-state index in [1.807, 2.05) is 4.90 Å². The van der Waals surface area contributed by atoms with Gasteiger partial charge in [0.2, 0.25) is 5.91 Å². The number of aromatic nitrogens is 2. The van der Waals surface area contributed by atoms with Crippen LogP contribution in [0.3, 0.4) is 0 Å². The van der Waals surface area contributed by atoms with Gasteiger partial charge in [-0.05, 0) is 31.2 Å². The van der Waals surface area contributed by atoms with Crippen molar-refractivity contribution in [2.75, 3.05) is 26.2 Å². The van der Waals surface area contributed by atoms with Crippen LogP contribution in [-0.4, -0.2) is 63.4 Å². The highest BCUT2D eigenvalue weighted by Crippen LogP contribution is 2.53. The first-order chi connectivity index (χ1) is 13.7. The minimum Gasteiger partial charge on any atom is -0.347 e. The maximum absolute atomic E-state index is 12.8. The first-order valence-electron chi connectivity index (χ1n) is 9.90. The predicted molar refractivity (Wildman–Crippen MR) is 94.5 cm³/mol. The number of urea groups is 1. The zero-order valence-corrected chi connectivity index (χ0v) is 15.8. The molecule has 4 aliphatic rings. The number of nitrogens with zero attached hydrogens (tertiary/aromatic N) is 4. The van der Waals surface area contributed by atoms with Crippen molar-refractivity contribution >= 4 is 11.9 Å². The van der Waals surface area contributed by atoms with Gasteiger partial charge >= 0.3 is 12.2 Å². The zero-order chi connectivity index (χ0) is 20.4. The SMILES string of the molecule is O=C1CCC2(CN(C(=O)N3CC4(CC(Cc5nccc(C(F)(F)F)n5)C4)C3)C2)N1. The molecule has 3 saturated heterocycles. The Labute approximate surface area is 165 Å². The molecule has 0 atom stereocenters. The van der Waals surface area contributed by atoms with Crippen molar-refractivity contribution in [1.29, 1.82) is 0 Å². The fourth-order valence-corrected chi connectivity index (χ4v) is 5.41. The highest BCUT2D eigenvalue weighted by molar-refractivity contribution is 5.82. The zero-order valence-electron chi connectivity index (χ0n) is 15.8. The van der Waals surface area contributed by atoms with E-state index >= 15 is 0 Å². The molecular weight excluding hydrogens is 387 g/mol. The Kier molecular flexibility index (Phi) is 3.89. The molecule has 156 valence electrons. The summed E-state index contributed by atoms with van der Waals surface area (Å²) in [5.41, 5.74) is -1.00. The molecule has 29 heavy (non-hydrogen) atoms. The lowest BCUT2D eigenvalue weighted by atomic mass is 9.57. The second-order valence-corrected chi connectivity index (χ2v) is 9.16. The summed E-state index contributed by atoms with van der Waals surface area (Å²) in [7, 11) is 0. The molecule has 0 unspecified atom stereocenters. The summed E-state index contributed by atoms with van der Waals surface area (Å²) in [4.78, 5) is 35.2. The van der Waals surface area contributed by atoms with Gasteiger partial charge in [-0.2, -0.15) is 13.2 Å². The summed E-state index contributed by atoms with van der Waals surface area (Å²) >= 11 is 0. The minimum absolute atomic E-state index is 0.0204. The first kappa shape index (κ1) is 18.6. The highest BCUT2D eigenvalue weighted by atomic mass is 19.4. The van der Waals surface area contributed by atoms with Gasteiger partial charge in [-0.25, -0.2) is 14.8 Å². The molecular formula is C19H22F3N5O2. The van der Waals surface area contributed by atoms with Crippen LogP contribution in [0.2, 0.25) is 0 Å². The number of alkyl halides is 3. The molecule has 1 aromatic heterocycles. The van der Waals surface area contributed by atoms with E-state index < -0.39 is 11.9 Å².